The minimum atomic E-state index is -0.113. The van der Waals surface area contributed by atoms with Gasteiger partial charge in [0.25, 0.3) is 0 Å². The van der Waals surface area contributed by atoms with Gasteiger partial charge in [-0.1, -0.05) is 19.9 Å². The van der Waals surface area contributed by atoms with Crippen molar-refractivity contribution in [3.05, 3.63) is 23.8 Å². The van der Waals surface area contributed by atoms with Gasteiger partial charge in [0.2, 0.25) is 0 Å². The summed E-state index contributed by atoms with van der Waals surface area (Å²) in [5, 5.41) is 12.5. The molecular formula is C13H21NO2. The molecular weight excluding hydrogens is 202 g/mol. The van der Waals surface area contributed by atoms with E-state index in [1.165, 1.54) is 0 Å². The van der Waals surface area contributed by atoms with Crippen LogP contribution < -0.4 is 10.1 Å². The molecule has 0 aromatic heterocycles. The third kappa shape index (κ3) is 3.42. The molecule has 0 heterocycles. The molecule has 0 saturated heterocycles. The minimum Gasteiger partial charge on any atom is -0.496 e. The fraction of sp³-hybridized carbons (Fsp3) is 0.538. The topological polar surface area (TPSA) is 41.5 Å². The van der Waals surface area contributed by atoms with E-state index in [9.17, 15) is 0 Å². The van der Waals surface area contributed by atoms with Crippen molar-refractivity contribution in [1.82, 2.24) is 0 Å². The molecule has 0 amide bonds. The molecule has 1 aromatic carbocycles. The molecule has 0 bridgehead atoms. The van der Waals surface area contributed by atoms with Gasteiger partial charge in [-0.15, -0.1) is 0 Å². The van der Waals surface area contributed by atoms with Crippen molar-refractivity contribution < 1.29 is 9.84 Å². The van der Waals surface area contributed by atoms with Crippen LogP contribution in [0.2, 0.25) is 0 Å². The Balaban J connectivity index is 2.68. The molecule has 3 nitrogen and oxygen atoms in total. The zero-order valence-corrected chi connectivity index (χ0v) is 10.5. The van der Waals surface area contributed by atoms with Gasteiger partial charge < -0.3 is 15.2 Å². The molecule has 0 aliphatic carbocycles. The quantitative estimate of drug-likeness (QED) is 0.805. The van der Waals surface area contributed by atoms with Crippen LogP contribution in [0.15, 0.2) is 18.2 Å². The first kappa shape index (κ1) is 12.8. The van der Waals surface area contributed by atoms with Crippen molar-refractivity contribution in [3.63, 3.8) is 0 Å². The number of aliphatic hydroxyl groups is 1. The minimum absolute atomic E-state index is 0.113. The molecule has 16 heavy (non-hydrogen) atoms. The number of anilines is 1. The van der Waals surface area contributed by atoms with Crippen molar-refractivity contribution in [2.75, 3.05) is 25.6 Å². The fourth-order valence-electron chi connectivity index (χ4n) is 1.33. The molecule has 3 heteroatoms. The summed E-state index contributed by atoms with van der Waals surface area (Å²) in [4.78, 5) is 0. The second-order valence-electron chi connectivity index (χ2n) is 4.86. The molecule has 0 spiro atoms. The SMILES string of the molecule is COc1cc(NCC(C)(C)CO)ccc1C. The lowest BCUT2D eigenvalue weighted by atomic mass is 9.95. The molecule has 0 atom stereocenters. The van der Waals surface area contributed by atoms with Crippen LogP contribution in [-0.2, 0) is 0 Å². The first-order valence-corrected chi connectivity index (χ1v) is 5.48. The number of methoxy groups -OCH3 is 1. The molecule has 0 radical (unpaired) electrons. The molecule has 1 aromatic rings. The van der Waals surface area contributed by atoms with Gasteiger partial charge in [0.05, 0.1) is 7.11 Å². The van der Waals surface area contributed by atoms with Crippen molar-refractivity contribution in [3.8, 4) is 5.75 Å². The molecule has 0 saturated carbocycles. The Morgan fingerprint density at radius 3 is 2.62 bits per heavy atom. The lowest BCUT2D eigenvalue weighted by Gasteiger charge is -2.22. The van der Waals surface area contributed by atoms with Crippen molar-refractivity contribution in [1.29, 1.82) is 0 Å². The Hall–Kier alpha value is -1.22. The second kappa shape index (κ2) is 5.21. The van der Waals surface area contributed by atoms with Gasteiger partial charge >= 0.3 is 0 Å². The number of hydrogen-bond donors (Lipinski definition) is 2. The van der Waals surface area contributed by atoms with Crippen LogP contribution in [-0.4, -0.2) is 25.4 Å². The zero-order chi connectivity index (χ0) is 12.2. The van der Waals surface area contributed by atoms with Gasteiger partial charge in [0, 0.05) is 30.3 Å². The highest BCUT2D eigenvalue weighted by molar-refractivity contribution is 5.51. The van der Waals surface area contributed by atoms with Crippen LogP contribution in [0.3, 0.4) is 0 Å². The highest BCUT2D eigenvalue weighted by Gasteiger charge is 2.15. The average Bonchev–Trinajstić information content (AvgIpc) is 2.28. The molecule has 0 unspecified atom stereocenters. The summed E-state index contributed by atoms with van der Waals surface area (Å²) >= 11 is 0. The highest BCUT2D eigenvalue weighted by atomic mass is 16.5. The van der Waals surface area contributed by atoms with Crippen LogP contribution in [0.1, 0.15) is 19.4 Å². The van der Waals surface area contributed by atoms with Crippen LogP contribution >= 0.6 is 0 Å². The van der Waals surface area contributed by atoms with Gasteiger partial charge in [-0.05, 0) is 18.6 Å². The Morgan fingerprint density at radius 2 is 2.06 bits per heavy atom. The maximum Gasteiger partial charge on any atom is 0.123 e. The number of hydrogen-bond acceptors (Lipinski definition) is 3. The van der Waals surface area contributed by atoms with E-state index in [1.807, 2.05) is 39.0 Å². The number of aryl methyl sites for hydroxylation is 1. The first-order valence-electron chi connectivity index (χ1n) is 5.48. The summed E-state index contributed by atoms with van der Waals surface area (Å²) in [5.74, 6) is 0.881. The van der Waals surface area contributed by atoms with E-state index in [0.717, 1.165) is 23.5 Å². The third-order valence-corrected chi connectivity index (χ3v) is 2.61. The van der Waals surface area contributed by atoms with Gasteiger partial charge in [-0.25, -0.2) is 0 Å². The van der Waals surface area contributed by atoms with E-state index in [1.54, 1.807) is 7.11 Å². The maximum atomic E-state index is 9.15. The Bertz CT molecular complexity index is 348. The molecule has 1 rings (SSSR count). The van der Waals surface area contributed by atoms with E-state index >= 15 is 0 Å². The molecule has 2 N–H and O–H groups in total. The summed E-state index contributed by atoms with van der Waals surface area (Å²) in [5.41, 5.74) is 2.02. The van der Waals surface area contributed by atoms with Gasteiger partial charge in [0.15, 0.2) is 0 Å². The molecule has 0 fully saturated rings. The number of aliphatic hydroxyl groups excluding tert-OH is 1. The summed E-state index contributed by atoms with van der Waals surface area (Å²) in [7, 11) is 1.67. The largest absolute Gasteiger partial charge is 0.496 e. The summed E-state index contributed by atoms with van der Waals surface area (Å²) in [6.07, 6.45) is 0. The predicted molar refractivity (Wildman–Crippen MR) is 67.1 cm³/mol. The third-order valence-electron chi connectivity index (χ3n) is 2.61. The maximum absolute atomic E-state index is 9.15. The fourth-order valence-corrected chi connectivity index (χ4v) is 1.33. The van der Waals surface area contributed by atoms with Crippen molar-refractivity contribution in [2.45, 2.75) is 20.8 Å². The smallest absolute Gasteiger partial charge is 0.123 e. The number of nitrogens with one attached hydrogen (secondary N) is 1. The van der Waals surface area contributed by atoms with Gasteiger partial charge in [-0.3, -0.25) is 0 Å². The van der Waals surface area contributed by atoms with E-state index < -0.39 is 0 Å². The van der Waals surface area contributed by atoms with Crippen molar-refractivity contribution in [2.24, 2.45) is 5.41 Å². The average molecular weight is 223 g/mol. The Morgan fingerprint density at radius 1 is 1.38 bits per heavy atom. The number of benzene rings is 1. The Kier molecular flexibility index (Phi) is 4.19. The van der Waals surface area contributed by atoms with Gasteiger partial charge in [0.1, 0.15) is 5.75 Å². The van der Waals surface area contributed by atoms with E-state index in [-0.39, 0.29) is 12.0 Å². The number of ether oxygens (including phenoxy) is 1. The Labute approximate surface area is 97.4 Å². The number of rotatable bonds is 5. The summed E-state index contributed by atoms with van der Waals surface area (Å²) in [6, 6.07) is 6.02. The zero-order valence-electron chi connectivity index (χ0n) is 10.5. The lowest BCUT2D eigenvalue weighted by molar-refractivity contribution is 0.171. The normalized spacial score (nSPS) is 11.3. The predicted octanol–water partition coefficient (Wildman–Crippen LogP) is 2.43. The molecule has 90 valence electrons. The van der Waals surface area contributed by atoms with Crippen molar-refractivity contribution >= 4 is 5.69 Å². The van der Waals surface area contributed by atoms with Gasteiger partial charge in [-0.2, -0.15) is 0 Å². The van der Waals surface area contributed by atoms with Crippen LogP contribution in [0.25, 0.3) is 0 Å². The van der Waals surface area contributed by atoms with Crippen LogP contribution in [0.5, 0.6) is 5.75 Å². The summed E-state index contributed by atoms with van der Waals surface area (Å²) < 4.78 is 5.25. The van der Waals surface area contributed by atoms with E-state index in [2.05, 4.69) is 5.32 Å². The highest BCUT2D eigenvalue weighted by Crippen LogP contribution is 2.23. The monoisotopic (exact) mass is 223 g/mol. The second-order valence-corrected chi connectivity index (χ2v) is 4.86. The lowest BCUT2D eigenvalue weighted by Crippen LogP contribution is -2.26. The van der Waals surface area contributed by atoms with Crippen LogP contribution in [0.4, 0.5) is 5.69 Å². The molecule has 0 aliphatic heterocycles. The standard InChI is InChI=1S/C13H21NO2/c1-10-5-6-11(7-12(10)16-4)14-8-13(2,3)9-15/h5-7,14-15H,8-9H2,1-4H3. The van der Waals surface area contributed by atoms with Crippen LogP contribution in [0, 0.1) is 12.3 Å². The van der Waals surface area contributed by atoms with E-state index in [0.29, 0.717) is 0 Å². The summed E-state index contributed by atoms with van der Waals surface area (Å²) in [6.45, 7) is 6.95. The van der Waals surface area contributed by atoms with E-state index in [4.69, 9.17) is 9.84 Å². The molecule has 0 aliphatic rings. The first-order chi connectivity index (χ1) is 7.48.